The molecular formula is C25H23N7O2. The number of urea groups is 1. The molecule has 0 saturated carbocycles. The van der Waals surface area contributed by atoms with Crippen LogP contribution in [-0.4, -0.2) is 57.0 Å². The number of amides is 2. The van der Waals surface area contributed by atoms with E-state index in [1.807, 2.05) is 41.4 Å². The summed E-state index contributed by atoms with van der Waals surface area (Å²) in [6.45, 7) is 3.60. The minimum absolute atomic E-state index is 0.112. The van der Waals surface area contributed by atoms with E-state index in [0.717, 1.165) is 36.2 Å². The molecule has 3 aromatic heterocycles. The molecule has 9 heteroatoms. The van der Waals surface area contributed by atoms with E-state index < -0.39 is 0 Å². The quantitative estimate of drug-likeness (QED) is 0.473. The van der Waals surface area contributed by atoms with Crippen LogP contribution in [0.15, 0.2) is 67.1 Å². The van der Waals surface area contributed by atoms with Crippen molar-refractivity contribution < 1.29 is 9.53 Å². The van der Waals surface area contributed by atoms with E-state index in [1.165, 1.54) is 0 Å². The third-order valence-corrected chi connectivity index (χ3v) is 5.70. The fourth-order valence-electron chi connectivity index (χ4n) is 3.94. The molecule has 1 saturated heterocycles. The summed E-state index contributed by atoms with van der Waals surface area (Å²) >= 11 is 0. The SMILES string of the molecule is N#Cc1ccnc(Oc2cccc(CN3CCN(C(=O)Nc4cnc5[nH]ccc5c4)CC3)c2)c1. The summed E-state index contributed by atoms with van der Waals surface area (Å²) in [4.78, 5) is 28.3. The second kappa shape index (κ2) is 9.60. The van der Waals surface area contributed by atoms with Gasteiger partial charge in [-0.15, -0.1) is 0 Å². The van der Waals surface area contributed by atoms with Crippen LogP contribution >= 0.6 is 0 Å². The van der Waals surface area contributed by atoms with E-state index in [9.17, 15) is 4.79 Å². The molecule has 0 atom stereocenters. The lowest BCUT2D eigenvalue weighted by Crippen LogP contribution is -2.49. The highest BCUT2D eigenvalue weighted by Gasteiger charge is 2.21. The van der Waals surface area contributed by atoms with Gasteiger partial charge in [-0.25, -0.2) is 14.8 Å². The molecule has 0 bridgehead atoms. The Kier molecular flexibility index (Phi) is 6.05. The first-order chi connectivity index (χ1) is 16.7. The molecule has 34 heavy (non-hydrogen) atoms. The summed E-state index contributed by atoms with van der Waals surface area (Å²) < 4.78 is 5.83. The third kappa shape index (κ3) is 4.98. The first kappa shape index (κ1) is 21.4. The van der Waals surface area contributed by atoms with Gasteiger partial charge < -0.3 is 19.9 Å². The van der Waals surface area contributed by atoms with Gasteiger partial charge in [-0.2, -0.15) is 5.26 Å². The van der Waals surface area contributed by atoms with Gasteiger partial charge in [-0.05, 0) is 35.9 Å². The van der Waals surface area contributed by atoms with E-state index in [-0.39, 0.29) is 6.03 Å². The van der Waals surface area contributed by atoms with E-state index in [0.29, 0.717) is 36.0 Å². The van der Waals surface area contributed by atoms with Crippen LogP contribution in [0.3, 0.4) is 0 Å². The minimum Gasteiger partial charge on any atom is -0.439 e. The van der Waals surface area contributed by atoms with Gasteiger partial charge in [0.25, 0.3) is 0 Å². The zero-order valence-electron chi connectivity index (χ0n) is 18.4. The number of nitrogens with zero attached hydrogens (tertiary/aromatic N) is 5. The van der Waals surface area contributed by atoms with Crippen LogP contribution in [0, 0.1) is 11.3 Å². The number of hydrogen-bond donors (Lipinski definition) is 2. The second-order valence-corrected chi connectivity index (χ2v) is 8.08. The van der Waals surface area contributed by atoms with Gasteiger partial charge in [-0.3, -0.25) is 4.90 Å². The first-order valence-corrected chi connectivity index (χ1v) is 11.0. The van der Waals surface area contributed by atoms with Crippen molar-refractivity contribution in [2.24, 2.45) is 0 Å². The van der Waals surface area contributed by atoms with E-state index in [1.54, 1.807) is 24.5 Å². The molecule has 4 heterocycles. The van der Waals surface area contributed by atoms with E-state index in [2.05, 4.69) is 37.3 Å². The smallest absolute Gasteiger partial charge is 0.321 e. The maximum Gasteiger partial charge on any atom is 0.321 e. The summed E-state index contributed by atoms with van der Waals surface area (Å²) in [7, 11) is 0. The molecule has 1 aliphatic heterocycles. The van der Waals surface area contributed by atoms with Crippen LogP contribution in [0.25, 0.3) is 11.0 Å². The number of nitrogens with one attached hydrogen (secondary N) is 2. The van der Waals surface area contributed by atoms with Crippen molar-refractivity contribution in [2.75, 3.05) is 31.5 Å². The monoisotopic (exact) mass is 453 g/mol. The highest BCUT2D eigenvalue weighted by Crippen LogP contribution is 2.22. The van der Waals surface area contributed by atoms with Gasteiger partial charge in [-0.1, -0.05) is 12.1 Å². The highest BCUT2D eigenvalue weighted by molar-refractivity contribution is 5.91. The summed E-state index contributed by atoms with van der Waals surface area (Å²) in [5.41, 5.74) is 3.10. The Balaban J connectivity index is 1.14. The molecule has 9 nitrogen and oxygen atoms in total. The number of ether oxygens (including phenoxy) is 1. The number of pyridine rings is 2. The van der Waals surface area contributed by atoms with Crippen molar-refractivity contribution in [3.63, 3.8) is 0 Å². The number of carbonyl (C=O) groups excluding carboxylic acids is 1. The molecule has 2 N–H and O–H groups in total. The minimum atomic E-state index is -0.112. The number of carbonyl (C=O) groups is 1. The molecule has 5 rings (SSSR count). The molecule has 2 amide bonds. The molecule has 170 valence electrons. The van der Waals surface area contributed by atoms with Gasteiger partial charge in [0.15, 0.2) is 0 Å². The van der Waals surface area contributed by atoms with Crippen molar-refractivity contribution in [1.82, 2.24) is 24.8 Å². The topological polar surface area (TPSA) is 110 Å². The lowest BCUT2D eigenvalue weighted by Gasteiger charge is -2.34. The van der Waals surface area contributed by atoms with E-state index in [4.69, 9.17) is 10.00 Å². The molecule has 0 spiro atoms. The lowest BCUT2D eigenvalue weighted by molar-refractivity contribution is 0.143. The Hall–Kier alpha value is -4.42. The Bertz CT molecular complexity index is 1350. The maximum atomic E-state index is 12.7. The van der Waals surface area contributed by atoms with Crippen molar-refractivity contribution in [1.29, 1.82) is 5.26 Å². The van der Waals surface area contributed by atoms with Crippen molar-refractivity contribution >= 4 is 22.8 Å². The number of aromatic amines is 1. The summed E-state index contributed by atoms with van der Waals surface area (Å²) in [6.07, 6.45) is 5.05. The van der Waals surface area contributed by atoms with Gasteiger partial charge in [0.05, 0.1) is 23.5 Å². The van der Waals surface area contributed by atoms with Crippen LogP contribution in [0.4, 0.5) is 10.5 Å². The first-order valence-electron chi connectivity index (χ1n) is 11.0. The number of hydrogen-bond acceptors (Lipinski definition) is 6. The molecule has 0 radical (unpaired) electrons. The molecule has 4 aromatic rings. The fraction of sp³-hybridized carbons (Fsp3) is 0.200. The zero-order valence-corrected chi connectivity index (χ0v) is 18.4. The maximum absolute atomic E-state index is 12.7. The van der Waals surface area contributed by atoms with Crippen LogP contribution in [0.1, 0.15) is 11.1 Å². The normalized spacial score (nSPS) is 14.0. The number of nitriles is 1. The van der Waals surface area contributed by atoms with Crippen molar-refractivity contribution in [2.45, 2.75) is 6.54 Å². The van der Waals surface area contributed by atoms with Gasteiger partial charge in [0.2, 0.25) is 5.88 Å². The molecule has 0 aliphatic carbocycles. The predicted molar refractivity (Wildman–Crippen MR) is 127 cm³/mol. The number of fused-ring (bicyclic) bond motifs is 1. The molecular weight excluding hydrogens is 430 g/mol. The molecule has 0 unspecified atom stereocenters. The number of rotatable bonds is 5. The van der Waals surface area contributed by atoms with Gasteiger partial charge in [0.1, 0.15) is 11.4 Å². The zero-order chi connectivity index (χ0) is 23.3. The van der Waals surface area contributed by atoms with Crippen LogP contribution in [0.2, 0.25) is 0 Å². The Morgan fingerprint density at radius 3 is 2.85 bits per heavy atom. The standard InChI is InChI=1S/C25H23N7O2/c26-15-18-4-6-27-23(13-18)34-22-3-1-2-19(12-22)17-31-8-10-32(11-9-31)25(33)30-21-14-20-5-7-28-24(20)29-16-21/h1-7,12-14,16H,8-11,17H2,(H,28,29)(H,30,33). The average molecular weight is 454 g/mol. The van der Waals surface area contributed by atoms with E-state index >= 15 is 0 Å². The summed E-state index contributed by atoms with van der Waals surface area (Å²) in [5, 5.41) is 12.9. The Morgan fingerprint density at radius 2 is 2.00 bits per heavy atom. The summed E-state index contributed by atoms with van der Waals surface area (Å²) in [5.74, 6) is 1.06. The number of aromatic nitrogens is 3. The van der Waals surface area contributed by atoms with Crippen molar-refractivity contribution in [3.8, 4) is 17.7 Å². The van der Waals surface area contributed by atoms with Gasteiger partial charge in [0, 0.05) is 56.6 Å². The third-order valence-electron chi connectivity index (χ3n) is 5.70. The predicted octanol–water partition coefficient (Wildman–Crippen LogP) is 3.97. The number of anilines is 1. The fourth-order valence-corrected chi connectivity index (χ4v) is 3.94. The van der Waals surface area contributed by atoms with Crippen LogP contribution in [0.5, 0.6) is 11.6 Å². The van der Waals surface area contributed by atoms with Gasteiger partial charge >= 0.3 is 6.03 Å². The lowest BCUT2D eigenvalue weighted by atomic mass is 10.2. The number of benzene rings is 1. The molecule has 1 fully saturated rings. The molecule has 1 aliphatic rings. The number of piperazine rings is 1. The van der Waals surface area contributed by atoms with Crippen molar-refractivity contribution in [3.05, 3.63) is 78.2 Å². The van der Waals surface area contributed by atoms with Crippen LogP contribution < -0.4 is 10.1 Å². The second-order valence-electron chi connectivity index (χ2n) is 8.08. The largest absolute Gasteiger partial charge is 0.439 e. The number of H-pyrrole nitrogens is 1. The Labute approximate surface area is 196 Å². The average Bonchev–Trinajstić information content (AvgIpc) is 3.33. The Morgan fingerprint density at radius 1 is 1.12 bits per heavy atom. The molecule has 1 aromatic carbocycles. The van der Waals surface area contributed by atoms with Crippen LogP contribution in [-0.2, 0) is 6.54 Å². The highest BCUT2D eigenvalue weighted by atomic mass is 16.5. The summed E-state index contributed by atoms with van der Waals surface area (Å²) in [6, 6.07) is 16.9.